The summed E-state index contributed by atoms with van der Waals surface area (Å²) in [6, 6.07) is 5.72. The van der Waals surface area contributed by atoms with E-state index in [9.17, 15) is 0 Å². The molecule has 0 bridgehead atoms. The van der Waals surface area contributed by atoms with E-state index in [1.54, 1.807) is 12.5 Å². The van der Waals surface area contributed by atoms with Crippen LogP contribution in [0.5, 0.6) is 0 Å². The van der Waals surface area contributed by atoms with E-state index >= 15 is 0 Å². The first-order valence-corrected chi connectivity index (χ1v) is 6.97. The van der Waals surface area contributed by atoms with Crippen LogP contribution in [0.15, 0.2) is 36.9 Å². The number of hydrogen-bond donors (Lipinski definition) is 4. The summed E-state index contributed by atoms with van der Waals surface area (Å²) in [7, 11) is 0. The van der Waals surface area contributed by atoms with Crippen LogP contribution in [-0.2, 0) is 6.42 Å². The zero-order valence-corrected chi connectivity index (χ0v) is 15.6. The maximum atomic E-state index is 7.63. The maximum absolute atomic E-state index is 7.63. The number of anilines is 1. The second kappa shape index (κ2) is 13.7. The Morgan fingerprint density at radius 3 is 2.58 bits per heavy atom. The van der Waals surface area contributed by atoms with E-state index in [4.69, 9.17) is 11.1 Å². The van der Waals surface area contributed by atoms with E-state index in [1.165, 1.54) is 0 Å². The van der Waals surface area contributed by atoms with Gasteiger partial charge in [0.15, 0.2) is 5.96 Å². The monoisotopic (exact) mass is 395 g/mol. The summed E-state index contributed by atoms with van der Waals surface area (Å²) in [5.74, 6) is 0.928. The van der Waals surface area contributed by atoms with Crippen molar-refractivity contribution in [2.75, 3.05) is 25.0 Å². The number of rotatable bonds is 8. The van der Waals surface area contributed by atoms with E-state index in [1.807, 2.05) is 29.3 Å². The topological polar surface area (TPSA) is 107 Å². The summed E-state index contributed by atoms with van der Waals surface area (Å²) in [5.41, 5.74) is 6.65. The molecule has 0 aliphatic carbocycles. The predicted octanol–water partition coefficient (Wildman–Crippen LogP) is 2.31. The number of nitrogens with one attached hydrogen (secondary N) is 3. The molecule has 0 fully saturated rings. The zero-order valence-electron chi connectivity index (χ0n) is 13.1. The molecular weight excluding hydrogens is 373 g/mol. The molecule has 24 heavy (non-hydrogen) atoms. The average Bonchev–Trinajstić information content (AvgIpc) is 3.00. The third kappa shape index (κ3) is 8.81. The number of halogens is 3. The van der Waals surface area contributed by atoms with Crippen LogP contribution in [-0.4, -0.2) is 45.4 Å². The van der Waals surface area contributed by atoms with Crippen LogP contribution in [0, 0.1) is 5.41 Å². The predicted molar refractivity (Wildman–Crippen MR) is 105 cm³/mol. The Hall–Kier alpha value is -1.70. The molecule has 0 unspecified atom stereocenters. The van der Waals surface area contributed by atoms with Crippen LogP contribution in [0.2, 0.25) is 0 Å². The maximum Gasteiger partial charge on any atom is 0.188 e. The second-order valence-electron chi connectivity index (χ2n) is 4.68. The van der Waals surface area contributed by atoms with Gasteiger partial charge in [-0.15, -0.1) is 37.2 Å². The molecule has 0 amide bonds. The summed E-state index contributed by atoms with van der Waals surface area (Å²) >= 11 is 0. The summed E-state index contributed by atoms with van der Waals surface area (Å²) in [5, 5.41) is 10.8. The lowest BCUT2D eigenvalue weighted by atomic mass is 10.2. The summed E-state index contributed by atoms with van der Waals surface area (Å²) in [6.07, 6.45) is 7.10. The number of pyridine rings is 1. The van der Waals surface area contributed by atoms with Crippen LogP contribution in [0.4, 0.5) is 5.82 Å². The van der Waals surface area contributed by atoms with Gasteiger partial charge in [-0.25, -0.2) is 9.97 Å². The van der Waals surface area contributed by atoms with Crippen molar-refractivity contribution in [3.8, 4) is 0 Å². The Labute approximate surface area is 160 Å². The van der Waals surface area contributed by atoms with Gasteiger partial charge in [-0.05, 0) is 25.0 Å². The number of hydrogen-bond acceptors (Lipinski definition) is 4. The quantitative estimate of drug-likeness (QED) is 0.404. The van der Waals surface area contributed by atoms with E-state index in [0.29, 0.717) is 13.1 Å². The van der Waals surface area contributed by atoms with Crippen molar-refractivity contribution >= 4 is 49.0 Å². The van der Waals surface area contributed by atoms with E-state index in [2.05, 4.69) is 20.3 Å². The van der Waals surface area contributed by atoms with Crippen molar-refractivity contribution in [1.82, 2.24) is 19.9 Å². The van der Waals surface area contributed by atoms with Gasteiger partial charge in [0, 0.05) is 32.0 Å². The molecule has 0 aliphatic rings. The fourth-order valence-electron chi connectivity index (χ4n) is 2.02. The number of guanidine groups is 1. The van der Waals surface area contributed by atoms with E-state index in [-0.39, 0.29) is 43.2 Å². The molecule has 0 saturated heterocycles. The zero-order chi connectivity index (χ0) is 14.9. The van der Waals surface area contributed by atoms with E-state index < -0.39 is 0 Å². The number of imidazole rings is 1. The molecule has 0 spiro atoms. The molecule has 0 saturated carbocycles. The van der Waals surface area contributed by atoms with Gasteiger partial charge in [0.05, 0.1) is 12.0 Å². The molecule has 2 aromatic rings. The Morgan fingerprint density at radius 1 is 1.21 bits per heavy atom. The van der Waals surface area contributed by atoms with Gasteiger partial charge in [-0.1, -0.05) is 6.07 Å². The number of aromatic nitrogens is 3. The highest BCUT2D eigenvalue weighted by atomic mass is 35.5. The minimum absolute atomic E-state index is 0. The Morgan fingerprint density at radius 2 is 2.00 bits per heavy atom. The fraction of sp³-hybridized carbons (Fsp3) is 0.357. The van der Waals surface area contributed by atoms with Gasteiger partial charge in [0.1, 0.15) is 5.82 Å². The van der Waals surface area contributed by atoms with Crippen molar-refractivity contribution in [2.24, 2.45) is 5.73 Å². The van der Waals surface area contributed by atoms with Gasteiger partial charge in [0.25, 0.3) is 0 Å². The summed E-state index contributed by atoms with van der Waals surface area (Å²) in [6.45, 7) is 2.11. The molecule has 0 atom stereocenters. The van der Waals surface area contributed by atoms with Crippen molar-refractivity contribution < 1.29 is 0 Å². The molecule has 7 nitrogen and oxygen atoms in total. The van der Waals surface area contributed by atoms with Crippen molar-refractivity contribution in [2.45, 2.75) is 12.8 Å². The van der Waals surface area contributed by atoms with Crippen LogP contribution in [0.3, 0.4) is 0 Å². The highest BCUT2D eigenvalue weighted by molar-refractivity contribution is 5.86. The number of aryl methyl sites for hydroxylation is 1. The number of H-pyrrole nitrogens is 1. The molecule has 0 aromatic carbocycles. The number of aromatic amines is 1. The largest absolute Gasteiger partial charge is 0.370 e. The van der Waals surface area contributed by atoms with Gasteiger partial charge < -0.3 is 20.9 Å². The summed E-state index contributed by atoms with van der Waals surface area (Å²) < 4.78 is 0. The molecule has 2 rings (SSSR count). The second-order valence-corrected chi connectivity index (χ2v) is 4.68. The van der Waals surface area contributed by atoms with Crippen LogP contribution < -0.4 is 11.1 Å². The Bertz CT molecular complexity index is 537. The Kier molecular flexibility index (Phi) is 14.0. The first kappa shape index (κ1) is 24.6. The average molecular weight is 397 g/mol. The van der Waals surface area contributed by atoms with Crippen LogP contribution in [0.25, 0.3) is 0 Å². The van der Waals surface area contributed by atoms with Gasteiger partial charge >= 0.3 is 0 Å². The van der Waals surface area contributed by atoms with Crippen molar-refractivity contribution in [3.63, 3.8) is 0 Å². The molecule has 2 aromatic heterocycles. The fourth-order valence-corrected chi connectivity index (χ4v) is 2.02. The van der Waals surface area contributed by atoms with Crippen molar-refractivity contribution in [1.29, 1.82) is 5.41 Å². The molecule has 0 radical (unpaired) electrons. The van der Waals surface area contributed by atoms with Crippen molar-refractivity contribution in [3.05, 3.63) is 42.6 Å². The van der Waals surface area contributed by atoms with Gasteiger partial charge in [-0.2, -0.15) is 0 Å². The first-order valence-electron chi connectivity index (χ1n) is 6.97. The highest BCUT2D eigenvalue weighted by Crippen LogP contribution is 2.01. The highest BCUT2D eigenvalue weighted by Gasteiger charge is 2.06. The minimum atomic E-state index is 0. The third-order valence-corrected chi connectivity index (χ3v) is 3.11. The Balaban J connectivity index is 0. The summed E-state index contributed by atoms with van der Waals surface area (Å²) in [4.78, 5) is 13.2. The lowest BCUT2D eigenvalue weighted by Gasteiger charge is -2.22. The number of nitrogens with zero attached hydrogens (tertiary/aromatic N) is 3. The lowest BCUT2D eigenvalue weighted by Crippen LogP contribution is -2.40. The molecule has 2 heterocycles. The standard InChI is InChI=1S/C14H21N7.3ClH/c15-14(16)21(8-3-4-12-10-17-11-20-12)9-7-19-13-5-1-2-6-18-13;;;/h1-2,5-6,10-11H,3-4,7-9H2,(H3,15,16)(H,17,20)(H,18,19);3*1H. The molecule has 0 aliphatic heterocycles. The SMILES string of the molecule is Cl.Cl.Cl.N=C(N)N(CCCc1c[nH]cn1)CCNc1ccccn1. The number of nitrogens with two attached hydrogens (primary N) is 1. The lowest BCUT2D eigenvalue weighted by molar-refractivity contribution is 0.416. The normalized spacial score (nSPS) is 9.00. The van der Waals surface area contributed by atoms with Crippen LogP contribution >= 0.6 is 37.2 Å². The molecule has 10 heteroatoms. The molecule has 5 N–H and O–H groups in total. The van der Waals surface area contributed by atoms with Crippen LogP contribution in [0.1, 0.15) is 12.1 Å². The molecular formula is C14H24Cl3N7. The van der Waals surface area contributed by atoms with Gasteiger partial charge in [-0.3, -0.25) is 5.41 Å². The smallest absolute Gasteiger partial charge is 0.188 e. The van der Waals surface area contributed by atoms with Gasteiger partial charge in [0.2, 0.25) is 0 Å². The minimum Gasteiger partial charge on any atom is -0.370 e. The molecule has 136 valence electrons. The third-order valence-electron chi connectivity index (χ3n) is 3.11. The van der Waals surface area contributed by atoms with E-state index in [0.717, 1.165) is 30.9 Å². The first-order chi connectivity index (χ1) is 10.3.